The van der Waals surface area contributed by atoms with E-state index in [1.54, 1.807) is 10.9 Å². The van der Waals surface area contributed by atoms with Gasteiger partial charge in [0.1, 0.15) is 0 Å². The Kier molecular flexibility index (Phi) is 3.39. The minimum absolute atomic E-state index is 0.130. The van der Waals surface area contributed by atoms with Crippen LogP contribution in [-0.4, -0.2) is 15.0 Å². The Hall–Kier alpha value is -0.940. The van der Waals surface area contributed by atoms with Crippen molar-refractivity contribution >= 4 is 0 Å². The number of nitrogens with zero attached hydrogens (tertiary/aromatic N) is 3. The third-order valence-corrected chi connectivity index (χ3v) is 2.46. The second kappa shape index (κ2) is 4.34. The van der Waals surface area contributed by atoms with Crippen LogP contribution in [-0.2, 0) is 7.05 Å². The number of hydrogen-bond donors (Lipinski definition) is 2. The van der Waals surface area contributed by atoms with Crippen LogP contribution in [0.15, 0.2) is 6.20 Å². The maximum absolute atomic E-state index is 5.49. The first-order chi connectivity index (χ1) is 6.20. The van der Waals surface area contributed by atoms with Crippen molar-refractivity contribution < 1.29 is 0 Å². The molecule has 1 rings (SSSR count). The fraction of sp³-hybridized carbons (Fsp3) is 0.750. The molecule has 1 aromatic rings. The van der Waals surface area contributed by atoms with Gasteiger partial charge in [0.15, 0.2) is 0 Å². The van der Waals surface area contributed by atoms with Crippen LogP contribution in [0.1, 0.15) is 32.0 Å². The number of aryl methyl sites for hydroxylation is 1. The number of nitrogens with one attached hydrogen (secondary N) is 1. The first kappa shape index (κ1) is 10.1. The standard InChI is InChI=1S/C8H17N5/c1-4-6(2)8(11-9)7-5-10-12-13(7)3/h5-6,8,11H,4,9H2,1-3H3. The maximum atomic E-state index is 5.49. The largest absolute Gasteiger partial charge is 0.271 e. The van der Waals surface area contributed by atoms with E-state index in [4.69, 9.17) is 5.84 Å². The molecule has 13 heavy (non-hydrogen) atoms. The minimum Gasteiger partial charge on any atom is -0.271 e. The summed E-state index contributed by atoms with van der Waals surface area (Å²) in [6, 6.07) is 0.130. The maximum Gasteiger partial charge on any atom is 0.0769 e. The van der Waals surface area contributed by atoms with Gasteiger partial charge in [-0.15, -0.1) is 5.10 Å². The van der Waals surface area contributed by atoms with Gasteiger partial charge in [-0.05, 0) is 5.92 Å². The molecule has 1 aromatic heterocycles. The molecule has 74 valence electrons. The van der Waals surface area contributed by atoms with Gasteiger partial charge in [-0.25, -0.2) is 0 Å². The normalized spacial score (nSPS) is 15.7. The molecule has 0 spiro atoms. The van der Waals surface area contributed by atoms with E-state index in [-0.39, 0.29) is 6.04 Å². The van der Waals surface area contributed by atoms with E-state index in [1.165, 1.54) is 0 Å². The quantitative estimate of drug-likeness (QED) is 0.522. The summed E-state index contributed by atoms with van der Waals surface area (Å²) in [6.45, 7) is 4.29. The number of rotatable bonds is 4. The van der Waals surface area contributed by atoms with Crippen molar-refractivity contribution in [2.75, 3.05) is 0 Å². The zero-order valence-corrected chi connectivity index (χ0v) is 8.36. The summed E-state index contributed by atoms with van der Waals surface area (Å²) < 4.78 is 1.75. The molecule has 0 aliphatic heterocycles. The first-order valence-electron chi connectivity index (χ1n) is 4.51. The lowest BCUT2D eigenvalue weighted by Gasteiger charge is -2.21. The fourth-order valence-electron chi connectivity index (χ4n) is 1.36. The Bertz CT molecular complexity index is 257. The Morgan fingerprint density at radius 1 is 1.69 bits per heavy atom. The Labute approximate surface area is 78.3 Å². The highest BCUT2D eigenvalue weighted by atomic mass is 15.4. The van der Waals surface area contributed by atoms with Crippen LogP contribution < -0.4 is 11.3 Å². The van der Waals surface area contributed by atoms with Crippen LogP contribution in [0.2, 0.25) is 0 Å². The van der Waals surface area contributed by atoms with Crippen molar-refractivity contribution in [3.63, 3.8) is 0 Å². The van der Waals surface area contributed by atoms with Gasteiger partial charge < -0.3 is 0 Å². The predicted molar refractivity (Wildman–Crippen MR) is 50.5 cm³/mol. The van der Waals surface area contributed by atoms with Gasteiger partial charge in [0.25, 0.3) is 0 Å². The third-order valence-electron chi connectivity index (χ3n) is 2.46. The van der Waals surface area contributed by atoms with Crippen molar-refractivity contribution in [1.29, 1.82) is 0 Å². The summed E-state index contributed by atoms with van der Waals surface area (Å²) in [5.41, 5.74) is 3.82. The Morgan fingerprint density at radius 2 is 2.38 bits per heavy atom. The van der Waals surface area contributed by atoms with E-state index in [1.807, 2.05) is 7.05 Å². The molecule has 0 radical (unpaired) electrons. The number of hydrogen-bond acceptors (Lipinski definition) is 4. The van der Waals surface area contributed by atoms with Gasteiger partial charge in [0.2, 0.25) is 0 Å². The van der Waals surface area contributed by atoms with Gasteiger partial charge in [-0.2, -0.15) is 0 Å². The smallest absolute Gasteiger partial charge is 0.0769 e. The van der Waals surface area contributed by atoms with E-state index in [0.29, 0.717) is 5.92 Å². The summed E-state index contributed by atoms with van der Waals surface area (Å²) in [5.74, 6) is 5.96. The van der Waals surface area contributed by atoms with E-state index in [9.17, 15) is 0 Å². The zero-order valence-electron chi connectivity index (χ0n) is 8.36. The molecule has 0 aliphatic rings. The number of aromatic nitrogens is 3. The lowest BCUT2D eigenvalue weighted by molar-refractivity contribution is 0.364. The lowest BCUT2D eigenvalue weighted by atomic mass is 9.97. The van der Waals surface area contributed by atoms with Crippen LogP contribution in [0, 0.1) is 5.92 Å². The second-order valence-corrected chi connectivity index (χ2v) is 3.31. The molecule has 0 saturated heterocycles. The molecule has 1 heterocycles. The van der Waals surface area contributed by atoms with Gasteiger partial charge in [-0.1, -0.05) is 25.5 Å². The SMILES string of the molecule is CCC(C)C(NN)c1cnnn1C. The first-order valence-corrected chi connectivity index (χ1v) is 4.51. The lowest BCUT2D eigenvalue weighted by Crippen LogP contribution is -2.33. The van der Waals surface area contributed by atoms with Gasteiger partial charge in [-0.3, -0.25) is 16.0 Å². The predicted octanol–water partition coefficient (Wildman–Crippen LogP) is 0.366. The summed E-state index contributed by atoms with van der Waals surface area (Å²) >= 11 is 0. The van der Waals surface area contributed by atoms with E-state index >= 15 is 0 Å². The molecule has 0 bridgehead atoms. The van der Waals surface area contributed by atoms with E-state index in [0.717, 1.165) is 12.1 Å². The van der Waals surface area contributed by atoms with Gasteiger partial charge >= 0.3 is 0 Å². The highest BCUT2D eigenvalue weighted by molar-refractivity contribution is 5.02. The molecule has 0 aromatic carbocycles. The Morgan fingerprint density at radius 3 is 2.77 bits per heavy atom. The van der Waals surface area contributed by atoms with Gasteiger partial charge in [0, 0.05) is 7.05 Å². The van der Waals surface area contributed by atoms with Crippen molar-refractivity contribution in [2.45, 2.75) is 26.3 Å². The van der Waals surface area contributed by atoms with Crippen molar-refractivity contribution in [2.24, 2.45) is 18.8 Å². The van der Waals surface area contributed by atoms with Crippen molar-refractivity contribution in [1.82, 2.24) is 20.4 Å². The molecular formula is C8H17N5. The van der Waals surface area contributed by atoms with Crippen molar-refractivity contribution in [3.8, 4) is 0 Å². The molecule has 0 fully saturated rings. The fourth-order valence-corrected chi connectivity index (χ4v) is 1.36. The van der Waals surface area contributed by atoms with Crippen LogP contribution in [0.4, 0.5) is 0 Å². The molecule has 0 aliphatic carbocycles. The van der Waals surface area contributed by atoms with Crippen LogP contribution in [0.25, 0.3) is 0 Å². The summed E-state index contributed by atoms with van der Waals surface area (Å²) in [6.07, 6.45) is 2.82. The van der Waals surface area contributed by atoms with Crippen molar-refractivity contribution in [3.05, 3.63) is 11.9 Å². The third kappa shape index (κ3) is 2.05. The Balaban J connectivity index is 2.84. The van der Waals surface area contributed by atoms with Crippen LogP contribution >= 0.6 is 0 Å². The molecule has 5 nitrogen and oxygen atoms in total. The molecular weight excluding hydrogens is 166 g/mol. The molecule has 0 amide bonds. The molecule has 0 saturated carbocycles. The van der Waals surface area contributed by atoms with Gasteiger partial charge in [0.05, 0.1) is 17.9 Å². The van der Waals surface area contributed by atoms with E-state index < -0.39 is 0 Å². The average Bonchev–Trinajstić information content (AvgIpc) is 2.53. The van der Waals surface area contributed by atoms with Crippen LogP contribution in [0.3, 0.4) is 0 Å². The van der Waals surface area contributed by atoms with E-state index in [2.05, 4.69) is 29.6 Å². The average molecular weight is 183 g/mol. The summed E-state index contributed by atoms with van der Waals surface area (Å²) in [5, 5.41) is 7.70. The molecule has 3 N–H and O–H groups in total. The monoisotopic (exact) mass is 183 g/mol. The summed E-state index contributed by atoms with van der Waals surface area (Å²) in [7, 11) is 1.87. The second-order valence-electron chi connectivity index (χ2n) is 3.31. The zero-order chi connectivity index (χ0) is 9.84. The number of hydrazine groups is 1. The topological polar surface area (TPSA) is 68.8 Å². The molecule has 5 heteroatoms. The highest BCUT2D eigenvalue weighted by Crippen LogP contribution is 2.21. The minimum atomic E-state index is 0.130. The molecule has 2 atom stereocenters. The summed E-state index contributed by atoms with van der Waals surface area (Å²) in [4.78, 5) is 0. The molecule has 2 unspecified atom stereocenters. The number of nitrogens with two attached hydrogens (primary N) is 1. The highest BCUT2D eigenvalue weighted by Gasteiger charge is 2.19. The van der Waals surface area contributed by atoms with Crippen LogP contribution in [0.5, 0.6) is 0 Å².